The maximum absolute atomic E-state index is 13.0. The van der Waals surface area contributed by atoms with E-state index >= 15 is 0 Å². The molecule has 0 saturated heterocycles. The van der Waals surface area contributed by atoms with Gasteiger partial charge in [-0.05, 0) is 35.7 Å². The summed E-state index contributed by atoms with van der Waals surface area (Å²) in [5.74, 6) is -0.388. The van der Waals surface area contributed by atoms with Gasteiger partial charge in [-0.25, -0.2) is 10.4 Å². The Bertz CT molecular complexity index is 1520. The number of rotatable bonds is 4. The molecule has 0 atom stereocenters. The van der Waals surface area contributed by atoms with Gasteiger partial charge < -0.3 is 4.42 Å². The van der Waals surface area contributed by atoms with Crippen LogP contribution >= 0.6 is 0 Å². The first-order chi connectivity index (χ1) is 16.4. The van der Waals surface area contributed by atoms with E-state index in [9.17, 15) is 18.0 Å². The van der Waals surface area contributed by atoms with E-state index in [4.69, 9.17) is 9.40 Å². The number of benzene rings is 3. The van der Waals surface area contributed by atoms with Crippen molar-refractivity contribution < 1.29 is 22.4 Å². The van der Waals surface area contributed by atoms with Crippen molar-refractivity contribution in [3.05, 3.63) is 102 Å². The van der Waals surface area contributed by atoms with Gasteiger partial charge in [0.1, 0.15) is 0 Å². The molecule has 0 bridgehead atoms. The minimum Gasteiger partial charge on any atom is -0.459 e. The predicted octanol–water partition coefficient (Wildman–Crippen LogP) is 6.43. The van der Waals surface area contributed by atoms with Crippen molar-refractivity contribution in [2.75, 3.05) is 0 Å². The highest BCUT2D eigenvalue weighted by molar-refractivity contribution is 6.11. The number of pyridine rings is 1. The Morgan fingerprint density at radius 1 is 0.941 bits per heavy atom. The first kappa shape index (κ1) is 21.4. The molecule has 1 N–H and O–H groups in total. The second-order valence-corrected chi connectivity index (χ2v) is 7.53. The number of aromatic nitrogens is 1. The van der Waals surface area contributed by atoms with Crippen LogP contribution in [0.4, 0.5) is 13.2 Å². The summed E-state index contributed by atoms with van der Waals surface area (Å²) in [5, 5.41) is 6.70. The van der Waals surface area contributed by atoms with E-state index in [1.54, 1.807) is 12.1 Å². The van der Waals surface area contributed by atoms with E-state index < -0.39 is 17.6 Å². The van der Waals surface area contributed by atoms with Crippen LogP contribution in [-0.4, -0.2) is 17.1 Å². The molecule has 34 heavy (non-hydrogen) atoms. The Morgan fingerprint density at radius 2 is 1.74 bits per heavy atom. The monoisotopic (exact) mass is 459 g/mol. The van der Waals surface area contributed by atoms with Gasteiger partial charge in [0, 0.05) is 21.9 Å². The van der Waals surface area contributed by atoms with E-state index in [0.29, 0.717) is 22.3 Å². The molecule has 0 saturated carbocycles. The van der Waals surface area contributed by atoms with Gasteiger partial charge in [-0.2, -0.15) is 18.3 Å². The fourth-order valence-corrected chi connectivity index (χ4v) is 3.69. The number of hydrazone groups is 1. The molecule has 5 rings (SSSR count). The summed E-state index contributed by atoms with van der Waals surface area (Å²) in [6.07, 6.45) is -1.56. The molecular weight excluding hydrogens is 443 g/mol. The third-order valence-electron chi connectivity index (χ3n) is 5.36. The fraction of sp³-hybridized carbons (Fsp3) is 0.0385. The number of nitrogens with zero attached hydrogens (tertiary/aromatic N) is 2. The molecule has 0 unspecified atom stereocenters. The van der Waals surface area contributed by atoms with Gasteiger partial charge in [0.2, 0.25) is 0 Å². The molecule has 168 valence electrons. The van der Waals surface area contributed by atoms with Crippen LogP contribution in [0, 0.1) is 0 Å². The summed E-state index contributed by atoms with van der Waals surface area (Å²) in [5.41, 5.74) is 4.01. The van der Waals surface area contributed by atoms with Gasteiger partial charge in [0.15, 0.2) is 5.76 Å². The number of halogens is 3. The lowest BCUT2D eigenvalue weighted by Crippen LogP contribution is -2.16. The quantitative estimate of drug-likeness (QED) is 0.191. The van der Waals surface area contributed by atoms with Crippen molar-refractivity contribution in [2.45, 2.75) is 6.18 Å². The van der Waals surface area contributed by atoms with E-state index in [1.165, 1.54) is 30.7 Å². The lowest BCUT2D eigenvalue weighted by Gasteiger charge is -2.11. The van der Waals surface area contributed by atoms with Gasteiger partial charge in [-0.15, -0.1) is 0 Å². The van der Waals surface area contributed by atoms with Gasteiger partial charge >= 0.3 is 12.1 Å². The average Bonchev–Trinajstić information content (AvgIpc) is 3.38. The lowest BCUT2D eigenvalue weighted by molar-refractivity contribution is -0.137. The number of hydrogen-bond donors (Lipinski definition) is 1. The second kappa shape index (κ2) is 8.47. The van der Waals surface area contributed by atoms with Gasteiger partial charge in [-0.1, -0.05) is 48.5 Å². The summed E-state index contributed by atoms with van der Waals surface area (Å²) in [7, 11) is 0. The van der Waals surface area contributed by atoms with Crippen LogP contribution in [0.1, 0.15) is 21.7 Å². The van der Waals surface area contributed by atoms with Crippen molar-refractivity contribution >= 4 is 33.8 Å². The van der Waals surface area contributed by atoms with Crippen LogP contribution in [-0.2, 0) is 6.18 Å². The molecule has 2 heterocycles. The molecule has 5 aromatic rings. The van der Waals surface area contributed by atoms with Crippen molar-refractivity contribution in [1.82, 2.24) is 10.4 Å². The molecule has 3 aromatic carbocycles. The first-order valence-electron chi connectivity index (χ1n) is 10.3. The lowest BCUT2D eigenvalue weighted by atomic mass is 10.00. The number of carbonyl (C=O) groups excluding carboxylic acids is 1. The van der Waals surface area contributed by atoms with Gasteiger partial charge in [0.05, 0.1) is 29.3 Å². The zero-order chi connectivity index (χ0) is 23.7. The van der Waals surface area contributed by atoms with Crippen molar-refractivity contribution in [2.24, 2.45) is 5.10 Å². The smallest absolute Gasteiger partial charge is 0.416 e. The standard InChI is InChI=1S/C26H16F3N3O2/c27-26(28,29)19-10-7-17(8-11-19)22-14-18(15-30-32-25(33)23-6-3-13-34-23)21-12-9-16-4-1-2-5-20(16)24(21)31-22/h1-15H,(H,32,33)/b30-15+. The van der Waals surface area contributed by atoms with Crippen molar-refractivity contribution in [3.8, 4) is 11.3 Å². The fourth-order valence-electron chi connectivity index (χ4n) is 3.69. The number of furan rings is 1. The molecular formula is C26H16F3N3O2. The number of amides is 1. The normalized spacial score (nSPS) is 12.0. The molecule has 0 aliphatic carbocycles. The average molecular weight is 459 g/mol. The third kappa shape index (κ3) is 4.13. The highest BCUT2D eigenvalue weighted by atomic mass is 19.4. The van der Waals surface area contributed by atoms with Crippen LogP contribution in [0.2, 0.25) is 0 Å². The Hall–Kier alpha value is -4.46. The minimum atomic E-state index is -4.42. The second-order valence-electron chi connectivity index (χ2n) is 7.53. The van der Waals surface area contributed by atoms with Crippen LogP contribution < -0.4 is 5.43 Å². The van der Waals surface area contributed by atoms with Crippen molar-refractivity contribution in [1.29, 1.82) is 0 Å². The Kier molecular flexibility index (Phi) is 5.33. The molecule has 0 radical (unpaired) electrons. The van der Waals surface area contributed by atoms with E-state index in [2.05, 4.69) is 10.5 Å². The molecule has 0 spiro atoms. The summed E-state index contributed by atoms with van der Waals surface area (Å²) in [6, 6.07) is 21.2. The van der Waals surface area contributed by atoms with Crippen LogP contribution in [0.3, 0.4) is 0 Å². The van der Waals surface area contributed by atoms with Gasteiger partial charge in [-0.3, -0.25) is 4.79 Å². The number of fused-ring (bicyclic) bond motifs is 3. The Balaban J connectivity index is 1.61. The number of alkyl halides is 3. The molecule has 0 aliphatic rings. The van der Waals surface area contributed by atoms with Gasteiger partial charge in [0.25, 0.3) is 0 Å². The zero-order valence-electron chi connectivity index (χ0n) is 17.5. The van der Waals surface area contributed by atoms with Crippen LogP contribution in [0.15, 0.2) is 94.6 Å². The number of nitrogens with one attached hydrogen (secondary N) is 1. The molecule has 5 nitrogen and oxygen atoms in total. The first-order valence-corrected chi connectivity index (χ1v) is 10.3. The zero-order valence-corrected chi connectivity index (χ0v) is 17.5. The summed E-state index contributed by atoms with van der Waals surface area (Å²) < 4.78 is 44.1. The number of hydrogen-bond acceptors (Lipinski definition) is 4. The summed E-state index contributed by atoms with van der Waals surface area (Å²) >= 11 is 0. The highest BCUT2D eigenvalue weighted by Gasteiger charge is 2.30. The number of carbonyl (C=O) groups is 1. The summed E-state index contributed by atoms with van der Waals surface area (Å²) in [4.78, 5) is 16.9. The van der Waals surface area contributed by atoms with Crippen LogP contribution in [0.5, 0.6) is 0 Å². The summed E-state index contributed by atoms with van der Waals surface area (Å²) in [6.45, 7) is 0. The maximum atomic E-state index is 13.0. The Labute approximate surface area is 191 Å². The maximum Gasteiger partial charge on any atom is 0.416 e. The van der Waals surface area contributed by atoms with E-state index in [0.717, 1.165) is 28.3 Å². The highest BCUT2D eigenvalue weighted by Crippen LogP contribution is 2.33. The van der Waals surface area contributed by atoms with E-state index in [-0.39, 0.29) is 5.76 Å². The largest absolute Gasteiger partial charge is 0.459 e. The topological polar surface area (TPSA) is 67.5 Å². The molecule has 0 aliphatic heterocycles. The molecule has 0 fully saturated rings. The SMILES string of the molecule is O=C(N/N=C/c1cc(-c2ccc(C(F)(F)F)cc2)nc2c1ccc1ccccc12)c1ccco1. The Morgan fingerprint density at radius 3 is 2.47 bits per heavy atom. The molecule has 8 heteroatoms. The molecule has 2 aromatic heterocycles. The minimum absolute atomic E-state index is 0.119. The predicted molar refractivity (Wildman–Crippen MR) is 123 cm³/mol. The van der Waals surface area contributed by atoms with E-state index in [1.807, 2.05) is 36.4 Å². The van der Waals surface area contributed by atoms with Crippen molar-refractivity contribution in [3.63, 3.8) is 0 Å². The van der Waals surface area contributed by atoms with Crippen LogP contribution in [0.25, 0.3) is 32.9 Å². The molecule has 1 amide bonds. The third-order valence-corrected chi connectivity index (χ3v) is 5.36.